The molecule has 1 aliphatic rings. The first-order chi connectivity index (χ1) is 20.4. The zero-order valence-electron chi connectivity index (χ0n) is 25.1. The van der Waals surface area contributed by atoms with Crippen LogP contribution >= 0.6 is 0 Å². The predicted octanol–water partition coefficient (Wildman–Crippen LogP) is 4.97. The van der Waals surface area contributed by atoms with E-state index in [1.807, 2.05) is 54.6 Å². The van der Waals surface area contributed by atoms with Gasteiger partial charge in [-0.25, -0.2) is 0 Å². The van der Waals surface area contributed by atoms with Crippen LogP contribution in [0, 0.1) is 39.2 Å². The van der Waals surface area contributed by atoms with Crippen molar-refractivity contribution in [3.8, 4) is 16.9 Å². The quantitative estimate of drug-likeness (QED) is 0.146. The molecule has 0 saturated carbocycles. The molecule has 6 aromatic rings. The van der Waals surface area contributed by atoms with Gasteiger partial charge in [-0.2, -0.15) is 30.3 Å². The zero-order valence-corrected chi connectivity index (χ0v) is 27.5. The van der Waals surface area contributed by atoms with Crippen LogP contribution in [0.4, 0.5) is 11.5 Å². The van der Waals surface area contributed by atoms with Crippen molar-refractivity contribution in [3.63, 3.8) is 0 Å². The first-order valence-corrected chi connectivity index (χ1v) is 14.2. The molecule has 43 heavy (non-hydrogen) atoms. The van der Waals surface area contributed by atoms with Crippen molar-refractivity contribution in [3.05, 3.63) is 144 Å². The summed E-state index contributed by atoms with van der Waals surface area (Å²) in [4.78, 5) is 6.51. The Labute approximate surface area is 269 Å². The van der Waals surface area contributed by atoms with Crippen molar-refractivity contribution in [2.45, 2.75) is 20.8 Å². The van der Waals surface area contributed by atoms with Gasteiger partial charge in [-0.05, 0) is 38.6 Å². The van der Waals surface area contributed by atoms with Gasteiger partial charge in [0.2, 0.25) is 13.0 Å². The number of hydrogen-bond donors (Lipinski definition) is 0. The van der Waals surface area contributed by atoms with Crippen molar-refractivity contribution in [2.75, 3.05) is 11.9 Å². The molecule has 0 aliphatic carbocycles. The van der Waals surface area contributed by atoms with Gasteiger partial charge in [-0.1, -0.05) is 75.8 Å². The number of anilines is 2. The largest absolute Gasteiger partial charge is 3.00 e. The molecule has 2 aromatic heterocycles. The molecule has 0 atom stereocenters. The van der Waals surface area contributed by atoms with Crippen molar-refractivity contribution in [1.82, 2.24) is 9.55 Å². The van der Waals surface area contributed by atoms with Crippen LogP contribution in [-0.4, -0.2) is 23.3 Å². The van der Waals surface area contributed by atoms with Gasteiger partial charge in [0.15, 0.2) is 0 Å². The van der Waals surface area contributed by atoms with E-state index in [9.17, 15) is 0 Å². The average molecular weight is 737 g/mol. The van der Waals surface area contributed by atoms with E-state index in [4.69, 9.17) is 0 Å². The van der Waals surface area contributed by atoms with Crippen molar-refractivity contribution in [2.24, 2.45) is 7.05 Å². The Kier molecular flexibility index (Phi) is 9.10. The number of imidazole rings is 1. The first kappa shape index (κ1) is 30.2. The Bertz CT molecular complexity index is 1780. The number of para-hydroxylation sites is 2. The fourth-order valence-corrected chi connectivity index (χ4v) is 6.16. The summed E-state index contributed by atoms with van der Waals surface area (Å²) in [5.41, 5.74) is 12.2. The molecule has 3 heterocycles. The van der Waals surface area contributed by atoms with Crippen LogP contribution in [0.5, 0.6) is 0 Å². The summed E-state index contributed by atoms with van der Waals surface area (Å²) in [6, 6.07) is 41.6. The number of pyridine rings is 1. The Morgan fingerprint density at radius 3 is 2.12 bits per heavy atom. The van der Waals surface area contributed by atoms with Crippen LogP contribution < -0.4 is 26.0 Å². The Morgan fingerprint density at radius 1 is 0.791 bits per heavy atom. The van der Waals surface area contributed by atoms with Crippen LogP contribution in [0.1, 0.15) is 16.7 Å². The van der Waals surface area contributed by atoms with Crippen LogP contribution in [0.2, 0.25) is 0 Å². The SMILES string of the molecule is Cc1cc(C)c(B2c3ccccc3N(C)c3c2[n+](C)[c-]n3-c2[c-]cccc2)c(C)c1.[Ir+3].[c-]1ccccc1-c1ccccn1. The van der Waals surface area contributed by atoms with Gasteiger partial charge in [0.1, 0.15) is 5.82 Å². The molecule has 1 aliphatic heterocycles. The van der Waals surface area contributed by atoms with E-state index in [-0.39, 0.29) is 26.8 Å². The van der Waals surface area contributed by atoms with Gasteiger partial charge in [-0.15, -0.1) is 35.9 Å². The second-order valence-corrected chi connectivity index (χ2v) is 10.8. The number of hydrogen-bond acceptors (Lipinski definition) is 2. The molecule has 0 saturated heterocycles. The molecular formula is C37H33BIrN4+. The third kappa shape index (κ3) is 5.86. The van der Waals surface area contributed by atoms with Gasteiger partial charge in [-0.3, -0.25) is 0 Å². The minimum atomic E-state index is 0. The summed E-state index contributed by atoms with van der Waals surface area (Å²) < 4.78 is 4.29. The van der Waals surface area contributed by atoms with Gasteiger partial charge in [0.25, 0.3) is 0 Å². The number of rotatable bonds is 3. The Balaban J connectivity index is 0.000000238. The molecule has 0 fully saturated rings. The van der Waals surface area contributed by atoms with E-state index in [1.165, 1.54) is 38.9 Å². The second kappa shape index (κ2) is 13.0. The fraction of sp³-hybridized carbons (Fsp3) is 0.135. The summed E-state index contributed by atoms with van der Waals surface area (Å²) in [7, 11) is 4.25. The number of fused-ring (bicyclic) bond motifs is 2. The number of benzene rings is 4. The molecule has 212 valence electrons. The first-order valence-electron chi connectivity index (χ1n) is 14.2. The summed E-state index contributed by atoms with van der Waals surface area (Å²) >= 11 is 0. The topological polar surface area (TPSA) is 24.9 Å². The molecular weight excluding hydrogens is 703 g/mol. The zero-order chi connectivity index (χ0) is 29.2. The van der Waals surface area contributed by atoms with Gasteiger partial charge in [0, 0.05) is 24.5 Å². The molecule has 4 aromatic carbocycles. The van der Waals surface area contributed by atoms with E-state index in [1.54, 1.807) is 6.20 Å². The van der Waals surface area contributed by atoms with E-state index in [0.29, 0.717) is 0 Å². The molecule has 7 rings (SSSR count). The van der Waals surface area contributed by atoms with Gasteiger partial charge in [0.05, 0.1) is 7.05 Å². The number of aryl methyl sites for hydroxylation is 4. The smallest absolute Gasteiger partial charge is 0.357 e. The maximum atomic E-state index is 4.22. The van der Waals surface area contributed by atoms with Gasteiger partial charge < -0.3 is 19.0 Å². The molecule has 6 heteroatoms. The third-order valence-corrected chi connectivity index (χ3v) is 7.86. The van der Waals surface area contributed by atoms with E-state index in [2.05, 4.69) is 121 Å². The fourth-order valence-electron chi connectivity index (χ4n) is 6.16. The maximum Gasteiger partial charge on any atom is 3.00 e. The van der Waals surface area contributed by atoms with Crippen LogP contribution in [0.3, 0.4) is 0 Å². The number of nitrogens with zero attached hydrogens (tertiary/aromatic N) is 4. The minimum absolute atomic E-state index is 0. The standard InChI is InChI=1S/C26H25BN3.C11H8N.Ir/c1-18-15-19(2)24(20(3)16-18)27-22-13-9-10-14-23(22)29(5)26-25(27)28(4)17-30(26)21-11-7-6-8-12-21;1-2-6-10(7-3-1)11-8-4-5-9-12-11;/h6-11,13-16H,1-5H3;1-6,8-9H;/q2*-1;+3. The van der Waals surface area contributed by atoms with E-state index >= 15 is 0 Å². The average Bonchev–Trinajstić information content (AvgIpc) is 3.37. The molecule has 4 nitrogen and oxygen atoms in total. The van der Waals surface area contributed by atoms with Crippen LogP contribution in [0.25, 0.3) is 16.9 Å². The van der Waals surface area contributed by atoms with E-state index in [0.717, 1.165) is 22.8 Å². The molecule has 0 radical (unpaired) electrons. The second-order valence-electron chi connectivity index (χ2n) is 10.8. The summed E-state index contributed by atoms with van der Waals surface area (Å²) in [5.74, 6) is 1.14. The van der Waals surface area contributed by atoms with Crippen molar-refractivity contribution in [1.29, 1.82) is 0 Å². The predicted molar refractivity (Wildman–Crippen MR) is 173 cm³/mol. The van der Waals surface area contributed by atoms with Crippen LogP contribution in [0.15, 0.2) is 109 Å². The summed E-state index contributed by atoms with van der Waals surface area (Å²) in [6.45, 7) is 6.80. The molecule has 0 spiro atoms. The minimum Gasteiger partial charge on any atom is -0.357 e. The van der Waals surface area contributed by atoms with Crippen molar-refractivity contribution >= 4 is 34.7 Å². The molecule has 0 bridgehead atoms. The van der Waals surface area contributed by atoms with E-state index < -0.39 is 0 Å². The normalized spacial score (nSPS) is 11.6. The number of aromatic nitrogens is 3. The third-order valence-electron chi connectivity index (χ3n) is 7.86. The van der Waals surface area contributed by atoms with Crippen molar-refractivity contribution < 1.29 is 24.7 Å². The summed E-state index contributed by atoms with van der Waals surface area (Å²) in [6.07, 6.45) is 5.34. The Hall–Kier alpha value is -4.25. The summed E-state index contributed by atoms with van der Waals surface area (Å²) in [5, 5.41) is 0. The molecule has 0 unspecified atom stereocenters. The molecule has 0 amide bonds. The Morgan fingerprint density at radius 2 is 1.47 bits per heavy atom. The van der Waals surface area contributed by atoms with Gasteiger partial charge >= 0.3 is 20.1 Å². The monoisotopic (exact) mass is 737 g/mol. The molecule has 0 N–H and O–H groups in total. The maximum absolute atomic E-state index is 4.22. The van der Waals surface area contributed by atoms with Crippen LogP contribution in [-0.2, 0) is 27.2 Å².